The number of allylic oxidation sites excluding steroid dienone is 2. The van der Waals surface area contributed by atoms with E-state index in [9.17, 15) is 102 Å². The Morgan fingerprint density at radius 3 is 1.83 bits per heavy atom. The van der Waals surface area contributed by atoms with Gasteiger partial charge in [-0.1, -0.05) is 45.4 Å². The first-order valence-electron chi connectivity index (χ1n) is 32.9. The third kappa shape index (κ3) is 16.7. The fraction of sp³-hybridized carbons (Fsp3) is 0.902. The maximum atomic E-state index is 14.8. The van der Waals surface area contributed by atoms with E-state index in [0.29, 0.717) is 38.5 Å². The Labute approximate surface area is 627 Å². The van der Waals surface area contributed by atoms with Crippen molar-refractivity contribution in [3.8, 4) is 0 Å². The van der Waals surface area contributed by atoms with Gasteiger partial charge in [0.05, 0.1) is 50.0 Å². The third-order valence-corrected chi connectivity index (χ3v) is 23.5. The van der Waals surface area contributed by atoms with Crippen LogP contribution in [0.1, 0.15) is 100 Å². The van der Waals surface area contributed by atoms with Crippen molar-refractivity contribution in [3.05, 3.63) is 23.8 Å². The molecule has 0 aromatic rings. The number of hydrogen-bond acceptors (Lipinski definition) is 36. The number of hydrogen-bond donors (Lipinski definition) is 13. The number of fused-ring (bicyclic) bond motifs is 4. The van der Waals surface area contributed by atoms with E-state index in [0.717, 1.165) is 12.7 Å². The first-order chi connectivity index (χ1) is 46.0. The van der Waals surface area contributed by atoms with Gasteiger partial charge >= 0.3 is 71.1 Å². The molecule has 9 fully saturated rings. The zero-order valence-corrected chi connectivity index (χ0v) is 63.4. The number of esters is 2. The predicted molar refractivity (Wildman–Crippen MR) is 319 cm³/mol. The molecule has 6 aliphatic heterocycles. The van der Waals surface area contributed by atoms with E-state index in [1.807, 2.05) is 20.8 Å². The van der Waals surface area contributed by atoms with Crippen molar-refractivity contribution < 1.29 is 231 Å². The summed E-state index contributed by atoms with van der Waals surface area (Å²) in [5, 5.41) is 144. The summed E-state index contributed by atoms with van der Waals surface area (Å²) >= 11 is 0. The molecule has 10 rings (SSSR count). The summed E-state index contributed by atoms with van der Waals surface area (Å²) in [6, 6.07) is 0. The molecule has 33 atom stereocenters. The first-order valence-corrected chi connectivity index (χ1v) is 35.5. The fourth-order valence-electron chi connectivity index (χ4n) is 18.0. The number of rotatable bonds is 22. The van der Waals surface area contributed by atoms with Gasteiger partial charge in [0.25, 0.3) is 0 Å². The summed E-state index contributed by atoms with van der Waals surface area (Å²) in [6.07, 6.45) is -41.5. The van der Waals surface area contributed by atoms with Crippen molar-refractivity contribution in [3.63, 3.8) is 0 Å². The van der Waals surface area contributed by atoms with Crippen molar-refractivity contribution in [2.45, 2.75) is 271 Å². The van der Waals surface area contributed by atoms with Crippen LogP contribution in [0.15, 0.2) is 23.8 Å². The minimum Gasteiger partial charge on any atom is -0.726 e. The second kappa shape index (κ2) is 32.3. The largest absolute Gasteiger partial charge is 1.00 e. The molecule has 36 nitrogen and oxygen atoms in total. The smallest absolute Gasteiger partial charge is 0.726 e. The van der Waals surface area contributed by atoms with E-state index in [4.69, 9.17) is 65.8 Å². The molecule has 3 saturated carbocycles. The van der Waals surface area contributed by atoms with Crippen LogP contribution in [0.25, 0.3) is 0 Å². The molecule has 1 spiro atoms. The number of aliphatic hydroxyl groups excluding tert-OH is 11. The maximum absolute atomic E-state index is 14.8. The SMILES string of the molecule is CO[C@@H]1[C@@H](O)[C@H](O[C@@H]2[C@@H](O)[C@H](O[C@H]3[C@H](O)[C@@H](O[C@@H]4O[C@H](CO)[C@@H](O)[C@H](O)[C@H]4O)[C@H](O[C@H]4[C@H](O[C@H]5CC[C@@]6(C)C(CC=C7[C@@H]6CC[C@]68C(=O)O[C@@](C)(C/C=C/C(C)(O)O)[C@H]6[C@@H](OC(C)=O)C[C@@]78C)C5(C)C)OC[C@@H](OS(=O)(=O)[O-])[C@@H]4O)O[C@@H]3C)O[C@H](CO)[C@H]2O)O[C@H](COS(=O)(=O)[O-])[C@H]1O.[Na+].[Na+]. The first kappa shape index (κ1) is 85.8. The normalized spacial score (nSPS) is 47.7. The average molecular weight is 1510 g/mol. The Morgan fingerprint density at radius 2 is 1.24 bits per heavy atom. The molecule has 0 amide bonds. The molecule has 568 valence electrons. The fourth-order valence-corrected chi connectivity index (χ4v) is 18.8. The Kier molecular flexibility index (Phi) is 27.4. The number of methoxy groups -OCH3 is 1. The van der Waals surface area contributed by atoms with E-state index in [-0.39, 0.29) is 77.4 Å². The molecular weight excluding hydrogens is 1420 g/mol. The molecule has 0 aromatic carbocycles. The van der Waals surface area contributed by atoms with Crippen molar-refractivity contribution in [2.24, 2.45) is 39.4 Å². The molecule has 13 N–H and O–H groups in total. The van der Waals surface area contributed by atoms with Crippen molar-refractivity contribution in [1.29, 1.82) is 0 Å². The summed E-state index contributed by atoms with van der Waals surface area (Å²) in [7, 11) is -9.96. The minimum atomic E-state index is -5.61. The van der Waals surface area contributed by atoms with E-state index in [2.05, 4.69) is 17.2 Å². The van der Waals surface area contributed by atoms with Crippen LogP contribution in [0.3, 0.4) is 0 Å². The van der Waals surface area contributed by atoms with Crippen molar-refractivity contribution in [2.75, 3.05) is 33.5 Å². The maximum Gasteiger partial charge on any atom is 1.00 e. The average Bonchev–Trinajstić information content (AvgIpc) is 1.51. The molecule has 101 heavy (non-hydrogen) atoms. The van der Waals surface area contributed by atoms with Gasteiger partial charge in [0.15, 0.2) is 37.2 Å². The summed E-state index contributed by atoms with van der Waals surface area (Å²) in [5.74, 6) is -4.08. The van der Waals surface area contributed by atoms with E-state index in [1.165, 1.54) is 32.9 Å². The molecule has 1 unspecified atom stereocenters. The quantitative estimate of drug-likeness (QED) is 0.0120. The third-order valence-electron chi connectivity index (χ3n) is 22.6. The van der Waals surface area contributed by atoms with E-state index < -0.39 is 258 Å². The zero-order chi connectivity index (χ0) is 73.0. The topological polar surface area (TPSA) is 550 Å². The summed E-state index contributed by atoms with van der Waals surface area (Å²) < 4.78 is 158. The van der Waals surface area contributed by atoms with Gasteiger partial charge in [-0.05, 0) is 88.0 Å². The van der Waals surface area contributed by atoms with Crippen LogP contribution in [0.4, 0.5) is 0 Å². The monoisotopic (exact) mass is 1510 g/mol. The van der Waals surface area contributed by atoms with Crippen LogP contribution in [0.2, 0.25) is 0 Å². The summed E-state index contributed by atoms with van der Waals surface area (Å²) in [5.41, 5.74) is -3.53. The van der Waals surface area contributed by atoms with Crippen LogP contribution >= 0.6 is 0 Å². The molecule has 0 bridgehead atoms. The molecule has 4 aliphatic carbocycles. The standard InChI is InChI=1S/C61H96O36S2.2Na/c1-24-44(92-52-43(73)46(36(66)30(21-63)89-52)93-51-42(72)45(83-9)37(67)31(90-51)23-85-98(77,78)79)41(71)48(94-50-40(70)39(69)35(65)29(20-62)88-50)54(86-24)95-47-38(68)32(97-99(80,81)82)22-84-53(47)91-34-14-17-57(5)26-13-18-61-49(59(7,96-55(61)74)15-10-16-60(8,75)76)28(87-25(2)64)19-58(61,6)27(26)11-12-33(57)56(34,3)4;;/h10-11,16,24,26,28-54,62-63,65-73,75-76H,12-15,17-23H2,1-9H3,(H,77,78,79)(H,80,81,82);;/q;2*+1/p-2/b16-10+;;/t24-,26+,28+,29-,30-,31-,32-,33?,34+,35-,36-,37-,38+,39+,40-,41+,42-,43-,44-,45+,46+,47-,48-,49-,50+,51+,52+,53+,54+,57-,58+,59+,61-;;/m1../s1. The number of aliphatic hydroxyl groups is 13. The summed E-state index contributed by atoms with van der Waals surface area (Å²) in [4.78, 5) is 27.6. The second-order valence-electron chi connectivity index (χ2n) is 29.2. The van der Waals surface area contributed by atoms with Gasteiger partial charge in [-0.2, -0.15) is 0 Å². The molecule has 6 heterocycles. The van der Waals surface area contributed by atoms with Crippen LogP contribution < -0.4 is 59.1 Å². The van der Waals surface area contributed by atoms with Crippen molar-refractivity contribution in [1.82, 2.24) is 0 Å². The van der Waals surface area contributed by atoms with Gasteiger partial charge in [0, 0.05) is 25.9 Å². The molecular formula is C61H94Na2O36S2. The number of ether oxygens (including phenoxy) is 13. The Morgan fingerprint density at radius 1 is 0.673 bits per heavy atom. The van der Waals surface area contributed by atoms with Gasteiger partial charge in [0.1, 0.15) is 122 Å². The van der Waals surface area contributed by atoms with E-state index in [1.54, 1.807) is 6.92 Å². The van der Waals surface area contributed by atoms with Gasteiger partial charge in [-0.25, -0.2) is 16.8 Å². The van der Waals surface area contributed by atoms with Crippen LogP contribution in [-0.4, -0.2) is 309 Å². The van der Waals surface area contributed by atoms with Gasteiger partial charge in [-0.15, -0.1) is 0 Å². The Bertz CT molecular complexity index is 3170. The van der Waals surface area contributed by atoms with Crippen LogP contribution in [0, 0.1) is 39.4 Å². The second-order valence-corrected chi connectivity index (χ2v) is 31.3. The van der Waals surface area contributed by atoms with Gasteiger partial charge in [-0.3, -0.25) is 18.0 Å². The number of cyclic esters (lactones) is 1. The van der Waals surface area contributed by atoms with Gasteiger partial charge < -0.3 is 137 Å². The van der Waals surface area contributed by atoms with Gasteiger partial charge in [0.2, 0.25) is 20.8 Å². The number of carbonyl (C=O) groups excluding carboxylic acids is 2. The predicted octanol–water partition coefficient (Wildman–Crippen LogP) is -11.1. The van der Waals surface area contributed by atoms with Crippen molar-refractivity contribution >= 4 is 32.7 Å². The Hall–Kier alpha value is -0.800. The molecule has 40 heteroatoms. The minimum absolute atomic E-state index is 0. The van der Waals surface area contributed by atoms with Crippen LogP contribution in [0.5, 0.6) is 0 Å². The molecule has 10 aliphatic rings. The molecule has 0 aromatic heterocycles. The van der Waals surface area contributed by atoms with E-state index >= 15 is 0 Å². The van der Waals surface area contributed by atoms with Crippen LogP contribution in [-0.2, 0) is 100 Å². The molecule has 0 radical (unpaired) electrons. The summed E-state index contributed by atoms with van der Waals surface area (Å²) in [6.45, 7) is 9.73. The number of carbonyl (C=O) groups is 2. The molecule has 6 saturated heterocycles. The zero-order valence-electron chi connectivity index (χ0n) is 57.8. The Balaban J connectivity index is 0.00000648.